The molecule has 6 heteroatoms. The van der Waals surface area contributed by atoms with E-state index in [0.29, 0.717) is 23.4 Å². The number of hydrogen-bond donors (Lipinski definition) is 1. The molecule has 0 amide bonds. The third kappa shape index (κ3) is 3.24. The van der Waals surface area contributed by atoms with Gasteiger partial charge in [0.1, 0.15) is 6.61 Å². The average molecular weight is 266 g/mol. The van der Waals surface area contributed by atoms with Crippen molar-refractivity contribution >= 4 is 17.5 Å². The fourth-order valence-corrected chi connectivity index (χ4v) is 1.60. The predicted molar refractivity (Wildman–Crippen MR) is 68.8 cm³/mol. The first-order chi connectivity index (χ1) is 8.67. The molecule has 0 radical (unpaired) electrons. The van der Waals surface area contributed by atoms with Gasteiger partial charge in [-0.3, -0.25) is 0 Å². The summed E-state index contributed by atoms with van der Waals surface area (Å²) >= 11 is 5.88. The maximum Gasteiger partial charge on any atom is 0.226 e. The molecule has 5 nitrogen and oxygen atoms in total. The summed E-state index contributed by atoms with van der Waals surface area (Å²) in [4.78, 5) is 7.82. The highest BCUT2D eigenvalue weighted by molar-refractivity contribution is 6.30. The van der Waals surface area contributed by atoms with Crippen LogP contribution in [-0.4, -0.2) is 17.1 Å². The van der Waals surface area contributed by atoms with E-state index in [1.165, 1.54) is 7.11 Å². The maximum atomic E-state index is 5.88. The molecule has 1 heterocycles. The monoisotopic (exact) mass is 265 g/mol. The van der Waals surface area contributed by atoms with Crippen molar-refractivity contribution in [2.45, 2.75) is 6.61 Å². The lowest BCUT2D eigenvalue weighted by Gasteiger charge is -2.07. The standard InChI is InChI=1S/C12H12ClN3O2/c1-17-10-6-11(16-12(14)15-10)18-7-8-3-2-4-9(13)5-8/h2-6H,7H2,1H3,(H2,14,15,16). The Morgan fingerprint density at radius 2 is 2.00 bits per heavy atom. The third-order valence-corrected chi connectivity index (χ3v) is 2.42. The van der Waals surface area contributed by atoms with E-state index >= 15 is 0 Å². The quantitative estimate of drug-likeness (QED) is 0.918. The van der Waals surface area contributed by atoms with Crippen molar-refractivity contribution in [1.82, 2.24) is 9.97 Å². The zero-order chi connectivity index (χ0) is 13.0. The number of ether oxygens (including phenoxy) is 2. The first-order valence-electron chi connectivity index (χ1n) is 5.23. The van der Waals surface area contributed by atoms with Gasteiger partial charge in [0, 0.05) is 5.02 Å². The van der Waals surface area contributed by atoms with Crippen molar-refractivity contribution in [1.29, 1.82) is 0 Å². The van der Waals surface area contributed by atoms with Crippen LogP contribution in [0.3, 0.4) is 0 Å². The van der Waals surface area contributed by atoms with Crippen LogP contribution < -0.4 is 15.2 Å². The van der Waals surface area contributed by atoms with Gasteiger partial charge in [-0.15, -0.1) is 0 Å². The van der Waals surface area contributed by atoms with E-state index in [4.69, 9.17) is 26.8 Å². The Bertz CT molecular complexity index is 549. The van der Waals surface area contributed by atoms with Crippen molar-refractivity contribution in [2.24, 2.45) is 0 Å². The van der Waals surface area contributed by atoms with Crippen molar-refractivity contribution in [3.63, 3.8) is 0 Å². The van der Waals surface area contributed by atoms with Crippen LogP contribution in [0.25, 0.3) is 0 Å². The highest BCUT2D eigenvalue weighted by Gasteiger charge is 2.04. The number of methoxy groups -OCH3 is 1. The summed E-state index contributed by atoms with van der Waals surface area (Å²) in [5.74, 6) is 0.832. The van der Waals surface area contributed by atoms with Crippen molar-refractivity contribution in [2.75, 3.05) is 12.8 Å². The van der Waals surface area contributed by atoms with Crippen LogP contribution in [0.2, 0.25) is 5.02 Å². The Balaban J connectivity index is 2.08. The van der Waals surface area contributed by atoms with Gasteiger partial charge in [0.25, 0.3) is 0 Å². The van der Waals surface area contributed by atoms with E-state index in [1.807, 2.05) is 18.2 Å². The SMILES string of the molecule is COc1cc(OCc2cccc(Cl)c2)nc(N)n1. The highest BCUT2D eigenvalue weighted by atomic mass is 35.5. The van der Waals surface area contributed by atoms with Gasteiger partial charge in [0.15, 0.2) is 0 Å². The van der Waals surface area contributed by atoms with E-state index in [2.05, 4.69) is 9.97 Å². The van der Waals surface area contributed by atoms with Crippen molar-refractivity contribution in [3.05, 3.63) is 40.9 Å². The van der Waals surface area contributed by atoms with E-state index < -0.39 is 0 Å². The number of nitrogens with two attached hydrogens (primary N) is 1. The van der Waals surface area contributed by atoms with Gasteiger partial charge < -0.3 is 15.2 Å². The van der Waals surface area contributed by atoms with E-state index in [1.54, 1.807) is 12.1 Å². The van der Waals surface area contributed by atoms with Crippen molar-refractivity contribution < 1.29 is 9.47 Å². The molecule has 0 saturated heterocycles. The molecular formula is C12H12ClN3O2. The molecule has 0 aliphatic rings. The Hall–Kier alpha value is -2.01. The molecule has 0 atom stereocenters. The lowest BCUT2D eigenvalue weighted by molar-refractivity contribution is 0.290. The summed E-state index contributed by atoms with van der Waals surface area (Å²) in [6.45, 7) is 0.347. The van der Waals surface area contributed by atoms with Crippen LogP contribution in [0.4, 0.5) is 5.95 Å². The van der Waals surface area contributed by atoms with Crippen LogP contribution >= 0.6 is 11.6 Å². The molecule has 2 N–H and O–H groups in total. The van der Waals surface area contributed by atoms with E-state index in [9.17, 15) is 0 Å². The lowest BCUT2D eigenvalue weighted by Crippen LogP contribution is -2.02. The van der Waals surface area contributed by atoms with Crippen LogP contribution in [0.15, 0.2) is 30.3 Å². The number of anilines is 1. The summed E-state index contributed by atoms with van der Waals surface area (Å²) < 4.78 is 10.5. The van der Waals surface area contributed by atoms with Crippen LogP contribution in [0, 0.1) is 0 Å². The largest absolute Gasteiger partial charge is 0.481 e. The Kier molecular flexibility index (Phi) is 3.84. The number of nitrogen functional groups attached to an aromatic ring is 1. The zero-order valence-corrected chi connectivity index (χ0v) is 10.5. The minimum Gasteiger partial charge on any atom is -0.481 e. The summed E-state index contributed by atoms with van der Waals surface area (Å²) in [6, 6.07) is 8.96. The Labute approximate surface area is 110 Å². The van der Waals surface area contributed by atoms with Gasteiger partial charge in [-0.2, -0.15) is 9.97 Å². The summed E-state index contributed by atoms with van der Waals surface area (Å²) in [5, 5.41) is 0.663. The van der Waals surface area contributed by atoms with E-state index in [0.717, 1.165) is 5.56 Å². The molecule has 0 unspecified atom stereocenters. The number of hydrogen-bond acceptors (Lipinski definition) is 5. The minimum absolute atomic E-state index is 0.107. The molecule has 0 bridgehead atoms. The molecule has 0 fully saturated rings. The fraction of sp³-hybridized carbons (Fsp3) is 0.167. The smallest absolute Gasteiger partial charge is 0.226 e. The fourth-order valence-electron chi connectivity index (χ4n) is 1.38. The predicted octanol–water partition coefficient (Wildman–Crippen LogP) is 2.30. The molecule has 0 spiro atoms. The molecule has 0 aliphatic heterocycles. The van der Waals surface area contributed by atoms with Gasteiger partial charge in [0.05, 0.1) is 13.2 Å². The maximum absolute atomic E-state index is 5.88. The number of nitrogens with zero attached hydrogens (tertiary/aromatic N) is 2. The van der Waals surface area contributed by atoms with Crippen LogP contribution in [0.5, 0.6) is 11.8 Å². The van der Waals surface area contributed by atoms with Gasteiger partial charge >= 0.3 is 0 Å². The van der Waals surface area contributed by atoms with Gasteiger partial charge in [-0.25, -0.2) is 0 Å². The molecule has 94 valence electrons. The molecule has 1 aromatic heterocycles. The molecule has 2 aromatic rings. The van der Waals surface area contributed by atoms with Gasteiger partial charge in [0.2, 0.25) is 17.7 Å². The minimum atomic E-state index is 0.107. The molecule has 18 heavy (non-hydrogen) atoms. The summed E-state index contributed by atoms with van der Waals surface area (Å²) in [7, 11) is 1.50. The number of rotatable bonds is 4. The van der Waals surface area contributed by atoms with Crippen LogP contribution in [-0.2, 0) is 6.61 Å². The molecule has 2 rings (SSSR count). The Morgan fingerprint density at radius 3 is 2.72 bits per heavy atom. The molecule has 0 saturated carbocycles. The molecule has 1 aromatic carbocycles. The second kappa shape index (κ2) is 5.55. The second-order valence-electron chi connectivity index (χ2n) is 3.53. The average Bonchev–Trinajstić information content (AvgIpc) is 2.36. The summed E-state index contributed by atoms with van der Waals surface area (Å²) in [6.07, 6.45) is 0. The van der Waals surface area contributed by atoms with Crippen molar-refractivity contribution in [3.8, 4) is 11.8 Å². The second-order valence-corrected chi connectivity index (χ2v) is 3.96. The number of aromatic nitrogens is 2. The normalized spacial score (nSPS) is 10.1. The van der Waals surface area contributed by atoms with E-state index in [-0.39, 0.29) is 5.95 Å². The Morgan fingerprint density at radius 1 is 1.22 bits per heavy atom. The first-order valence-corrected chi connectivity index (χ1v) is 5.61. The number of halogens is 1. The zero-order valence-electron chi connectivity index (χ0n) is 9.76. The first kappa shape index (κ1) is 12.4. The van der Waals surface area contributed by atoms with Gasteiger partial charge in [-0.05, 0) is 17.7 Å². The lowest BCUT2D eigenvalue weighted by atomic mass is 10.2. The summed E-state index contributed by atoms with van der Waals surface area (Å²) in [5.41, 5.74) is 6.47. The van der Waals surface area contributed by atoms with Gasteiger partial charge in [-0.1, -0.05) is 23.7 Å². The number of benzene rings is 1. The molecular weight excluding hydrogens is 254 g/mol. The van der Waals surface area contributed by atoms with Crippen LogP contribution in [0.1, 0.15) is 5.56 Å². The highest BCUT2D eigenvalue weighted by Crippen LogP contribution is 2.18. The topological polar surface area (TPSA) is 70.3 Å². The third-order valence-electron chi connectivity index (χ3n) is 2.18. The molecule has 0 aliphatic carbocycles.